The summed E-state index contributed by atoms with van der Waals surface area (Å²) < 4.78 is 21.1. The van der Waals surface area contributed by atoms with E-state index in [0.717, 1.165) is 11.1 Å². The smallest absolute Gasteiger partial charge is 0.339 e. The van der Waals surface area contributed by atoms with Crippen molar-refractivity contribution in [2.75, 3.05) is 27.4 Å². The topological polar surface area (TPSA) is 113 Å². The van der Waals surface area contributed by atoms with Crippen molar-refractivity contribution < 1.29 is 28.3 Å². The summed E-state index contributed by atoms with van der Waals surface area (Å²) in [5.41, 5.74) is 3.31. The zero-order valence-corrected chi connectivity index (χ0v) is 19.7. The summed E-state index contributed by atoms with van der Waals surface area (Å²) in [6, 6.07) is 16.6. The summed E-state index contributed by atoms with van der Waals surface area (Å²) in [5, 5.41) is 7.13. The van der Waals surface area contributed by atoms with E-state index in [1.807, 2.05) is 48.5 Å². The number of nitrogens with zero attached hydrogens (tertiary/aromatic N) is 2. The number of benzene rings is 2. The van der Waals surface area contributed by atoms with Gasteiger partial charge in [-0.1, -0.05) is 41.6 Å². The Labute approximate surface area is 202 Å². The van der Waals surface area contributed by atoms with Gasteiger partial charge in [0.2, 0.25) is 0 Å². The van der Waals surface area contributed by atoms with Crippen molar-refractivity contribution in [3.8, 4) is 22.8 Å². The van der Waals surface area contributed by atoms with Gasteiger partial charge in [-0.15, -0.1) is 0 Å². The maximum atomic E-state index is 12.9. The number of hydrogen-bond acceptors (Lipinski definition) is 8. The molecule has 0 bridgehead atoms. The Hall–Kier alpha value is -4.40. The number of nitrogens with one attached hydrogen (secondary N) is 1. The highest BCUT2D eigenvalue weighted by Crippen LogP contribution is 2.28. The minimum atomic E-state index is -0.657. The molecule has 2 heterocycles. The minimum absolute atomic E-state index is 0.232. The van der Waals surface area contributed by atoms with Crippen LogP contribution in [-0.2, 0) is 16.0 Å². The molecule has 180 valence electrons. The van der Waals surface area contributed by atoms with Crippen LogP contribution in [0.15, 0.2) is 59.1 Å². The van der Waals surface area contributed by atoms with E-state index < -0.39 is 18.5 Å². The molecule has 9 nitrogen and oxygen atoms in total. The molecule has 0 saturated carbocycles. The van der Waals surface area contributed by atoms with Crippen LogP contribution in [0.3, 0.4) is 0 Å². The molecule has 0 atom stereocenters. The first kappa shape index (κ1) is 23.7. The number of fused-ring (bicyclic) bond motifs is 1. The predicted molar refractivity (Wildman–Crippen MR) is 129 cm³/mol. The predicted octanol–water partition coefficient (Wildman–Crippen LogP) is 3.73. The number of hydrogen-bond donors (Lipinski definition) is 1. The van der Waals surface area contributed by atoms with Crippen molar-refractivity contribution in [3.05, 3.63) is 71.4 Å². The van der Waals surface area contributed by atoms with Crippen molar-refractivity contribution in [3.63, 3.8) is 0 Å². The summed E-state index contributed by atoms with van der Waals surface area (Å²) in [6.07, 6.45) is 0.575. The second-order valence-corrected chi connectivity index (χ2v) is 7.73. The van der Waals surface area contributed by atoms with Gasteiger partial charge in [-0.3, -0.25) is 4.79 Å². The highest BCUT2D eigenvalue weighted by molar-refractivity contribution is 6.04. The van der Waals surface area contributed by atoms with Gasteiger partial charge in [-0.05, 0) is 37.1 Å². The fraction of sp³-hybridized carbons (Fsp3) is 0.231. The van der Waals surface area contributed by atoms with Crippen LogP contribution in [0.4, 0.5) is 0 Å². The van der Waals surface area contributed by atoms with E-state index >= 15 is 0 Å². The molecule has 0 aliphatic rings. The molecule has 0 spiro atoms. The van der Waals surface area contributed by atoms with Crippen molar-refractivity contribution in [2.45, 2.75) is 13.3 Å². The van der Waals surface area contributed by atoms with Crippen molar-refractivity contribution >= 4 is 23.0 Å². The highest BCUT2D eigenvalue weighted by Gasteiger charge is 2.21. The van der Waals surface area contributed by atoms with E-state index in [1.54, 1.807) is 27.2 Å². The number of carbonyl (C=O) groups is 2. The maximum absolute atomic E-state index is 12.9. The third-order valence-corrected chi connectivity index (χ3v) is 5.42. The zero-order chi connectivity index (χ0) is 24.8. The van der Waals surface area contributed by atoms with E-state index in [2.05, 4.69) is 15.5 Å². The van der Waals surface area contributed by atoms with Gasteiger partial charge in [0.05, 0.1) is 36.6 Å². The summed E-state index contributed by atoms with van der Waals surface area (Å²) in [4.78, 5) is 29.6. The van der Waals surface area contributed by atoms with Crippen LogP contribution in [0.5, 0.6) is 11.5 Å². The highest BCUT2D eigenvalue weighted by atomic mass is 16.5. The monoisotopic (exact) mass is 475 g/mol. The molecule has 4 aromatic rings. The van der Waals surface area contributed by atoms with Crippen LogP contribution < -0.4 is 14.8 Å². The molecule has 0 unspecified atom stereocenters. The van der Waals surface area contributed by atoms with E-state index in [1.165, 1.54) is 0 Å². The molecule has 0 aliphatic carbocycles. The molecule has 0 aliphatic heterocycles. The van der Waals surface area contributed by atoms with Crippen LogP contribution in [0.25, 0.3) is 22.4 Å². The first-order valence-corrected chi connectivity index (χ1v) is 11.0. The quantitative estimate of drug-likeness (QED) is 0.365. The average Bonchev–Trinajstić information content (AvgIpc) is 3.27. The lowest BCUT2D eigenvalue weighted by atomic mass is 10.1. The average molecular weight is 476 g/mol. The fourth-order valence-electron chi connectivity index (χ4n) is 3.65. The Bertz CT molecular complexity index is 1350. The number of aromatic nitrogens is 2. The van der Waals surface area contributed by atoms with Crippen LogP contribution >= 0.6 is 0 Å². The Morgan fingerprint density at radius 3 is 2.51 bits per heavy atom. The molecule has 0 radical (unpaired) electrons. The lowest BCUT2D eigenvalue weighted by molar-refractivity contribution is -0.124. The third kappa shape index (κ3) is 5.40. The van der Waals surface area contributed by atoms with Gasteiger partial charge in [-0.25, -0.2) is 9.78 Å². The molecule has 1 amide bonds. The van der Waals surface area contributed by atoms with Gasteiger partial charge in [-0.2, -0.15) is 0 Å². The Balaban J connectivity index is 1.39. The standard InChI is InChI=1S/C26H25N3O6/c1-16-24-19(14-20(28-25(24)35-29-16)18-7-5-4-6-8-18)26(31)34-15-23(30)27-12-11-17-9-10-21(32-2)22(13-17)33-3/h4-10,13-14H,11-12,15H2,1-3H3,(H,27,30). The van der Waals surface area contributed by atoms with Crippen LogP contribution in [0.2, 0.25) is 0 Å². The molecule has 0 fully saturated rings. The minimum Gasteiger partial charge on any atom is -0.493 e. The SMILES string of the molecule is COc1ccc(CCNC(=O)COC(=O)c2cc(-c3ccccc3)nc3onc(C)c23)cc1OC. The molecule has 2 aromatic carbocycles. The maximum Gasteiger partial charge on any atom is 0.339 e. The molecule has 0 saturated heterocycles. The van der Waals surface area contributed by atoms with Crippen LogP contribution in [-0.4, -0.2) is 49.4 Å². The zero-order valence-electron chi connectivity index (χ0n) is 19.7. The van der Waals surface area contributed by atoms with E-state index in [-0.39, 0.29) is 11.3 Å². The fourth-order valence-corrected chi connectivity index (χ4v) is 3.65. The first-order valence-electron chi connectivity index (χ1n) is 11.0. The van der Waals surface area contributed by atoms with E-state index in [0.29, 0.717) is 41.2 Å². The molecule has 35 heavy (non-hydrogen) atoms. The summed E-state index contributed by atoms with van der Waals surface area (Å²) >= 11 is 0. The normalized spacial score (nSPS) is 10.7. The number of pyridine rings is 1. The number of methoxy groups -OCH3 is 2. The second kappa shape index (κ2) is 10.7. The van der Waals surface area contributed by atoms with Gasteiger partial charge in [0.1, 0.15) is 0 Å². The van der Waals surface area contributed by atoms with Crippen LogP contribution in [0.1, 0.15) is 21.6 Å². The van der Waals surface area contributed by atoms with Crippen molar-refractivity contribution in [1.29, 1.82) is 0 Å². The Morgan fingerprint density at radius 1 is 1.00 bits per heavy atom. The molecule has 1 N–H and O–H groups in total. The Morgan fingerprint density at radius 2 is 1.77 bits per heavy atom. The lowest BCUT2D eigenvalue weighted by Crippen LogP contribution is -2.30. The lowest BCUT2D eigenvalue weighted by Gasteiger charge is -2.10. The van der Waals surface area contributed by atoms with Gasteiger partial charge < -0.3 is 24.1 Å². The summed E-state index contributed by atoms with van der Waals surface area (Å²) in [7, 11) is 3.14. The number of aryl methyl sites for hydroxylation is 1. The Kier molecular flexibility index (Phi) is 7.25. The largest absolute Gasteiger partial charge is 0.493 e. The first-order chi connectivity index (χ1) is 17.0. The number of amides is 1. The number of ether oxygens (including phenoxy) is 3. The van der Waals surface area contributed by atoms with Gasteiger partial charge in [0.25, 0.3) is 11.6 Å². The third-order valence-electron chi connectivity index (χ3n) is 5.42. The number of carbonyl (C=O) groups excluding carboxylic acids is 2. The van der Waals surface area contributed by atoms with Crippen molar-refractivity contribution in [2.24, 2.45) is 0 Å². The molecule has 4 rings (SSSR count). The molecular formula is C26H25N3O6. The van der Waals surface area contributed by atoms with Crippen LogP contribution in [0, 0.1) is 6.92 Å². The number of rotatable bonds is 9. The van der Waals surface area contributed by atoms with Gasteiger partial charge in [0.15, 0.2) is 18.1 Å². The van der Waals surface area contributed by atoms with E-state index in [9.17, 15) is 9.59 Å². The van der Waals surface area contributed by atoms with Gasteiger partial charge in [0, 0.05) is 12.1 Å². The number of esters is 1. The van der Waals surface area contributed by atoms with Crippen molar-refractivity contribution in [1.82, 2.24) is 15.5 Å². The molecule has 9 heteroatoms. The second-order valence-electron chi connectivity index (χ2n) is 7.73. The molecular weight excluding hydrogens is 450 g/mol. The van der Waals surface area contributed by atoms with E-state index in [4.69, 9.17) is 18.7 Å². The summed E-state index contributed by atoms with van der Waals surface area (Å²) in [5.74, 6) is 0.189. The summed E-state index contributed by atoms with van der Waals surface area (Å²) in [6.45, 7) is 1.67. The van der Waals surface area contributed by atoms with Gasteiger partial charge >= 0.3 is 5.97 Å². The molecule has 2 aromatic heterocycles.